The summed E-state index contributed by atoms with van der Waals surface area (Å²) in [5.74, 6) is -0.0796. The number of hydrogen-bond donors (Lipinski definition) is 0. The number of rotatable bonds is 22. The summed E-state index contributed by atoms with van der Waals surface area (Å²) in [7, 11) is 0. The Kier molecular flexibility index (Phi) is 15.9. The van der Waals surface area contributed by atoms with Gasteiger partial charge in [0.1, 0.15) is 0 Å². The first kappa shape index (κ1) is 36.9. The summed E-state index contributed by atoms with van der Waals surface area (Å²) in [5.41, 5.74) is 4.70. The Balaban J connectivity index is 1.40. The van der Waals surface area contributed by atoms with Gasteiger partial charge in [-0.15, -0.1) is 0 Å². The zero-order chi connectivity index (χ0) is 32.7. The van der Waals surface area contributed by atoms with E-state index < -0.39 is 0 Å². The van der Waals surface area contributed by atoms with E-state index in [4.69, 9.17) is 0 Å². The van der Waals surface area contributed by atoms with E-state index in [1.807, 2.05) is 46.2 Å². The third kappa shape index (κ3) is 10.0. The molecule has 0 bridgehead atoms. The molecule has 2 aromatic rings. The van der Waals surface area contributed by atoms with Crippen LogP contribution in [0.5, 0.6) is 0 Å². The largest absolute Gasteiger partial charge is 0.308 e. The highest BCUT2D eigenvalue weighted by molar-refractivity contribution is 9.10. The van der Waals surface area contributed by atoms with Crippen molar-refractivity contribution < 1.29 is 9.59 Å². The summed E-state index contributed by atoms with van der Waals surface area (Å²) in [6.07, 6.45) is 25.2. The third-order valence-corrected chi connectivity index (χ3v) is 10.7. The smallest absolute Gasteiger partial charge is 0.259 e. The van der Waals surface area contributed by atoms with Crippen molar-refractivity contribution in [2.24, 2.45) is 0 Å². The number of amides is 2. The lowest BCUT2D eigenvalue weighted by Gasteiger charge is -2.18. The van der Waals surface area contributed by atoms with Crippen molar-refractivity contribution in [1.29, 1.82) is 0 Å². The van der Waals surface area contributed by atoms with Crippen LogP contribution in [0.15, 0.2) is 45.3 Å². The number of carbonyl (C=O) groups is 2. The Bertz CT molecular complexity index is 1220. The molecule has 2 heterocycles. The molecule has 0 unspecified atom stereocenters. The second-order valence-corrected chi connectivity index (χ2v) is 15.2. The van der Waals surface area contributed by atoms with Crippen molar-refractivity contribution in [3.63, 3.8) is 0 Å². The predicted octanol–water partition coefficient (Wildman–Crippen LogP) is 12.7. The molecule has 2 aliphatic heterocycles. The lowest BCUT2D eigenvalue weighted by Crippen LogP contribution is -2.30. The fourth-order valence-corrected chi connectivity index (χ4v) is 7.74. The number of benzene rings is 2. The summed E-state index contributed by atoms with van der Waals surface area (Å²) in [6.45, 7) is 5.89. The fourth-order valence-electron chi connectivity index (χ4n) is 7.04. The molecule has 2 aromatic carbocycles. The van der Waals surface area contributed by atoms with E-state index >= 15 is 0 Å². The third-order valence-electron chi connectivity index (χ3n) is 9.68. The zero-order valence-electron chi connectivity index (χ0n) is 28.5. The van der Waals surface area contributed by atoms with Crippen molar-refractivity contribution >= 4 is 66.2 Å². The first-order valence-corrected chi connectivity index (χ1v) is 20.0. The Labute approximate surface area is 296 Å². The standard InChI is InChI=1S/C40H56Br2N2O2/c1-3-5-7-9-11-13-15-17-19-21-27-43-35-29-31(41)23-25-33(35)37(39(43)45)38-34-26-24-32(42)30-36(34)44(40(38)46)28-22-20-18-16-14-12-10-8-6-4-2/h23-26,29-30H,3-22,27-28H2,1-2H3/b38-37-. The molecule has 0 saturated heterocycles. The minimum Gasteiger partial charge on any atom is -0.308 e. The highest BCUT2D eigenvalue weighted by Gasteiger charge is 2.42. The molecular formula is C40H56Br2N2O2. The fraction of sp³-hybridized carbons (Fsp3) is 0.600. The van der Waals surface area contributed by atoms with E-state index in [9.17, 15) is 9.59 Å². The van der Waals surface area contributed by atoms with E-state index in [0.29, 0.717) is 24.2 Å². The van der Waals surface area contributed by atoms with Crippen LogP contribution in [0.25, 0.3) is 11.1 Å². The second kappa shape index (κ2) is 19.8. The average Bonchev–Trinajstić information content (AvgIpc) is 3.46. The van der Waals surface area contributed by atoms with Gasteiger partial charge in [-0.3, -0.25) is 9.59 Å². The van der Waals surface area contributed by atoms with Gasteiger partial charge in [0.2, 0.25) is 0 Å². The molecule has 6 heteroatoms. The summed E-state index contributed by atoms with van der Waals surface area (Å²) in [6, 6.07) is 12.1. The maximum atomic E-state index is 14.2. The molecule has 46 heavy (non-hydrogen) atoms. The van der Waals surface area contributed by atoms with Crippen LogP contribution in [0.3, 0.4) is 0 Å². The number of halogens is 2. The van der Waals surface area contributed by atoms with Gasteiger partial charge in [0, 0.05) is 33.2 Å². The van der Waals surface area contributed by atoms with Crippen LogP contribution in [0.1, 0.15) is 153 Å². The first-order chi connectivity index (χ1) is 22.5. The van der Waals surface area contributed by atoms with Crippen LogP contribution in [0.2, 0.25) is 0 Å². The second-order valence-electron chi connectivity index (χ2n) is 13.4. The average molecular weight is 757 g/mol. The van der Waals surface area contributed by atoms with Gasteiger partial charge < -0.3 is 9.80 Å². The molecule has 2 aliphatic rings. The summed E-state index contributed by atoms with van der Waals surface area (Å²) < 4.78 is 1.89. The van der Waals surface area contributed by atoms with Crippen LogP contribution >= 0.6 is 31.9 Å². The Morgan fingerprint density at radius 3 is 1.09 bits per heavy atom. The van der Waals surface area contributed by atoms with Gasteiger partial charge in [0.15, 0.2) is 0 Å². The monoisotopic (exact) mass is 754 g/mol. The molecule has 0 aliphatic carbocycles. The lowest BCUT2D eigenvalue weighted by atomic mass is 9.96. The number of unbranched alkanes of at least 4 members (excludes halogenated alkanes) is 18. The van der Waals surface area contributed by atoms with Crippen molar-refractivity contribution in [3.8, 4) is 0 Å². The van der Waals surface area contributed by atoms with E-state index in [-0.39, 0.29) is 11.8 Å². The minimum atomic E-state index is -0.0398. The maximum absolute atomic E-state index is 14.2. The highest BCUT2D eigenvalue weighted by atomic mass is 79.9. The number of hydrogen-bond acceptors (Lipinski definition) is 2. The van der Waals surface area contributed by atoms with Gasteiger partial charge in [0.05, 0.1) is 22.5 Å². The first-order valence-electron chi connectivity index (χ1n) is 18.5. The normalized spacial score (nSPS) is 15.7. The van der Waals surface area contributed by atoms with Gasteiger partial charge in [-0.2, -0.15) is 0 Å². The van der Waals surface area contributed by atoms with Gasteiger partial charge in [-0.05, 0) is 37.1 Å². The van der Waals surface area contributed by atoms with Crippen LogP contribution < -0.4 is 9.80 Å². The van der Waals surface area contributed by atoms with Crippen LogP contribution in [0.4, 0.5) is 11.4 Å². The molecule has 2 amide bonds. The molecule has 0 aromatic heterocycles. The molecule has 252 valence electrons. The number of carbonyl (C=O) groups excluding carboxylic acids is 2. The van der Waals surface area contributed by atoms with Gasteiger partial charge in [0.25, 0.3) is 11.8 Å². The predicted molar refractivity (Wildman–Crippen MR) is 203 cm³/mol. The molecule has 0 radical (unpaired) electrons. The van der Waals surface area contributed by atoms with Crippen molar-refractivity contribution in [2.75, 3.05) is 22.9 Å². The summed E-state index contributed by atoms with van der Waals surface area (Å²) in [5, 5.41) is 0. The Morgan fingerprint density at radius 2 is 0.761 bits per heavy atom. The molecule has 0 fully saturated rings. The number of anilines is 2. The highest BCUT2D eigenvalue weighted by Crippen LogP contribution is 2.48. The lowest BCUT2D eigenvalue weighted by molar-refractivity contribution is -0.114. The van der Waals surface area contributed by atoms with E-state index in [1.54, 1.807) is 0 Å². The van der Waals surface area contributed by atoms with Crippen molar-refractivity contribution in [3.05, 3.63) is 56.5 Å². The summed E-state index contributed by atoms with van der Waals surface area (Å²) >= 11 is 7.27. The van der Waals surface area contributed by atoms with E-state index in [0.717, 1.165) is 57.1 Å². The molecule has 0 atom stereocenters. The SMILES string of the molecule is CCCCCCCCCCCCN1C(=O)/C(=C2\C(=O)N(CCCCCCCCCCCC)c3cc(Br)ccc32)c2ccc(Br)cc21. The number of nitrogens with zero attached hydrogens (tertiary/aromatic N) is 2. The van der Waals surface area contributed by atoms with Crippen LogP contribution in [-0.4, -0.2) is 24.9 Å². The molecule has 4 rings (SSSR count). The zero-order valence-corrected chi connectivity index (χ0v) is 31.7. The Hall–Kier alpha value is -1.92. The van der Waals surface area contributed by atoms with Crippen molar-refractivity contribution in [1.82, 2.24) is 0 Å². The summed E-state index contributed by atoms with van der Waals surface area (Å²) in [4.78, 5) is 32.2. The number of fused-ring (bicyclic) bond motifs is 2. The molecule has 0 saturated carbocycles. The van der Waals surface area contributed by atoms with Crippen LogP contribution in [-0.2, 0) is 9.59 Å². The molecule has 0 N–H and O–H groups in total. The van der Waals surface area contributed by atoms with Crippen molar-refractivity contribution in [2.45, 2.75) is 142 Å². The van der Waals surface area contributed by atoms with Gasteiger partial charge >= 0.3 is 0 Å². The van der Waals surface area contributed by atoms with E-state index in [1.165, 1.54) is 103 Å². The molecular weight excluding hydrogens is 700 g/mol. The molecule has 4 nitrogen and oxygen atoms in total. The van der Waals surface area contributed by atoms with Crippen LogP contribution in [0, 0.1) is 0 Å². The quantitative estimate of drug-likeness (QED) is 0.0887. The Morgan fingerprint density at radius 1 is 0.457 bits per heavy atom. The minimum absolute atomic E-state index is 0.0398. The maximum Gasteiger partial charge on any atom is 0.259 e. The van der Waals surface area contributed by atoms with E-state index in [2.05, 4.69) is 45.7 Å². The van der Waals surface area contributed by atoms with Gasteiger partial charge in [-0.1, -0.05) is 173 Å². The topological polar surface area (TPSA) is 40.6 Å². The van der Waals surface area contributed by atoms with Gasteiger partial charge in [-0.25, -0.2) is 0 Å². The molecule has 0 spiro atoms.